The summed E-state index contributed by atoms with van der Waals surface area (Å²) in [6, 6.07) is 10.3. The fourth-order valence-corrected chi connectivity index (χ4v) is 6.83. The molecule has 0 aromatic heterocycles. The van der Waals surface area contributed by atoms with Gasteiger partial charge in [-0.3, -0.25) is 0 Å². The van der Waals surface area contributed by atoms with Gasteiger partial charge in [0.15, 0.2) is 0 Å². The van der Waals surface area contributed by atoms with Gasteiger partial charge in [-0.25, -0.2) is 16.8 Å². The molecule has 0 aliphatic carbocycles. The molecule has 146 valence electrons. The number of rotatable bonds is 4. The first-order chi connectivity index (χ1) is 12.6. The van der Waals surface area contributed by atoms with Crippen LogP contribution in [0.25, 0.3) is 0 Å². The lowest BCUT2D eigenvalue weighted by molar-refractivity contribution is 0.273. The normalized spacial score (nSPS) is 17.1. The molecule has 0 atom stereocenters. The molecule has 0 saturated carbocycles. The zero-order chi connectivity index (χ0) is 19.8. The van der Waals surface area contributed by atoms with Crippen LogP contribution in [0.15, 0.2) is 52.3 Å². The van der Waals surface area contributed by atoms with Crippen molar-refractivity contribution >= 4 is 54.8 Å². The van der Waals surface area contributed by atoms with Gasteiger partial charge in [-0.2, -0.15) is 8.61 Å². The Morgan fingerprint density at radius 3 is 1.59 bits per heavy atom. The summed E-state index contributed by atoms with van der Waals surface area (Å²) in [6.07, 6.45) is 0. The Morgan fingerprint density at radius 2 is 1.11 bits per heavy atom. The smallest absolute Gasteiger partial charge is 0.207 e. The minimum atomic E-state index is -3.93. The van der Waals surface area contributed by atoms with E-state index in [1.165, 1.54) is 45.0 Å². The van der Waals surface area contributed by atoms with E-state index in [0.29, 0.717) is 5.02 Å². The monoisotopic (exact) mass is 468 g/mol. The van der Waals surface area contributed by atoms with E-state index >= 15 is 0 Å². The summed E-state index contributed by atoms with van der Waals surface area (Å²) >= 11 is 17.8. The van der Waals surface area contributed by atoms with E-state index in [9.17, 15) is 16.8 Å². The number of benzene rings is 2. The van der Waals surface area contributed by atoms with Crippen molar-refractivity contribution in [3.8, 4) is 0 Å². The number of hydrogen-bond acceptors (Lipinski definition) is 4. The molecule has 1 heterocycles. The molecule has 6 nitrogen and oxygen atoms in total. The van der Waals surface area contributed by atoms with Crippen molar-refractivity contribution in [1.29, 1.82) is 0 Å². The van der Waals surface area contributed by atoms with E-state index in [-0.39, 0.29) is 46.0 Å². The summed E-state index contributed by atoms with van der Waals surface area (Å²) in [7, 11) is -7.66. The van der Waals surface area contributed by atoms with Crippen LogP contribution in [-0.2, 0) is 20.0 Å². The molecule has 2 aromatic carbocycles. The molecule has 1 fully saturated rings. The lowest BCUT2D eigenvalue weighted by Gasteiger charge is -2.33. The molecule has 3 rings (SSSR count). The van der Waals surface area contributed by atoms with Crippen LogP contribution < -0.4 is 0 Å². The van der Waals surface area contributed by atoms with E-state index in [4.69, 9.17) is 34.8 Å². The summed E-state index contributed by atoms with van der Waals surface area (Å²) in [5, 5.41) is 0.485. The fraction of sp³-hybridized carbons (Fsp3) is 0.250. The van der Waals surface area contributed by atoms with Crippen LogP contribution in [0.3, 0.4) is 0 Å². The van der Waals surface area contributed by atoms with Gasteiger partial charge in [0.1, 0.15) is 4.90 Å². The van der Waals surface area contributed by atoms with Crippen molar-refractivity contribution in [3.63, 3.8) is 0 Å². The van der Waals surface area contributed by atoms with E-state index in [2.05, 4.69) is 0 Å². The third-order valence-electron chi connectivity index (χ3n) is 4.17. The summed E-state index contributed by atoms with van der Waals surface area (Å²) in [6.45, 7) is 0.0337. The standard InChI is InChI=1S/C16H15Cl3N2O4S2/c17-12-4-6-13(7-5-12)26(22,23)20-8-10-21(11-9-20)27(24,25)16-14(18)2-1-3-15(16)19/h1-7H,8-11H2. The van der Waals surface area contributed by atoms with Gasteiger partial charge < -0.3 is 0 Å². The second-order valence-corrected chi connectivity index (χ2v) is 10.9. The van der Waals surface area contributed by atoms with E-state index in [1.54, 1.807) is 6.07 Å². The van der Waals surface area contributed by atoms with Gasteiger partial charge >= 0.3 is 0 Å². The van der Waals surface area contributed by atoms with Crippen LogP contribution in [0.4, 0.5) is 0 Å². The first kappa shape index (κ1) is 20.9. The Hall–Kier alpha value is -0.870. The van der Waals surface area contributed by atoms with Crippen LogP contribution >= 0.6 is 34.8 Å². The second kappa shape index (κ2) is 7.87. The van der Waals surface area contributed by atoms with Crippen LogP contribution in [-0.4, -0.2) is 51.6 Å². The average molecular weight is 470 g/mol. The minimum absolute atomic E-state index is 0.00327. The van der Waals surface area contributed by atoms with Crippen molar-refractivity contribution < 1.29 is 16.8 Å². The second-order valence-electron chi connectivity index (χ2n) is 5.81. The highest BCUT2D eigenvalue weighted by molar-refractivity contribution is 7.89. The molecule has 0 unspecified atom stereocenters. The highest BCUT2D eigenvalue weighted by Crippen LogP contribution is 2.32. The van der Waals surface area contributed by atoms with E-state index in [0.717, 1.165) is 0 Å². The Labute approximate surface area is 173 Å². The minimum Gasteiger partial charge on any atom is -0.207 e. The largest absolute Gasteiger partial charge is 0.246 e. The van der Waals surface area contributed by atoms with Gasteiger partial charge in [-0.05, 0) is 36.4 Å². The number of hydrogen-bond donors (Lipinski definition) is 0. The third-order valence-corrected chi connectivity index (χ3v) is 9.19. The molecule has 11 heteroatoms. The number of piperazine rings is 1. The zero-order valence-electron chi connectivity index (χ0n) is 13.8. The predicted octanol–water partition coefficient (Wildman–Crippen LogP) is 3.34. The molecule has 1 saturated heterocycles. The first-order valence-corrected chi connectivity index (χ1v) is 11.9. The SMILES string of the molecule is O=S(=O)(c1ccc(Cl)cc1)N1CCN(S(=O)(=O)c2c(Cl)cccc2Cl)CC1. The van der Waals surface area contributed by atoms with Crippen LogP contribution in [0.5, 0.6) is 0 Å². The number of halogens is 3. The zero-order valence-corrected chi connectivity index (χ0v) is 17.7. The molecule has 0 N–H and O–H groups in total. The average Bonchev–Trinajstić information content (AvgIpc) is 2.62. The predicted molar refractivity (Wildman–Crippen MR) is 105 cm³/mol. The summed E-state index contributed by atoms with van der Waals surface area (Å²) < 4.78 is 53.6. The molecule has 0 radical (unpaired) electrons. The van der Waals surface area contributed by atoms with Crippen molar-refractivity contribution in [2.24, 2.45) is 0 Å². The summed E-state index contributed by atoms with van der Waals surface area (Å²) in [5.74, 6) is 0. The maximum atomic E-state index is 12.9. The molecule has 2 aromatic rings. The van der Waals surface area contributed by atoms with Gasteiger partial charge in [0.05, 0.1) is 14.9 Å². The highest BCUT2D eigenvalue weighted by Gasteiger charge is 2.35. The molecule has 0 amide bonds. The summed E-state index contributed by atoms with van der Waals surface area (Å²) in [4.78, 5) is -0.0558. The van der Waals surface area contributed by atoms with Crippen molar-refractivity contribution in [2.75, 3.05) is 26.2 Å². The Balaban J connectivity index is 1.80. The van der Waals surface area contributed by atoms with Crippen LogP contribution in [0.2, 0.25) is 15.1 Å². The lowest BCUT2D eigenvalue weighted by Crippen LogP contribution is -2.50. The van der Waals surface area contributed by atoms with Gasteiger partial charge in [-0.1, -0.05) is 40.9 Å². The Kier molecular flexibility index (Phi) is 6.08. The maximum Gasteiger partial charge on any atom is 0.246 e. The molecule has 1 aliphatic heterocycles. The highest BCUT2D eigenvalue weighted by atomic mass is 35.5. The number of sulfonamides is 2. The third kappa shape index (κ3) is 4.12. The molecule has 1 aliphatic rings. The fourth-order valence-electron chi connectivity index (χ4n) is 2.76. The Bertz CT molecular complexity index is 1030. The molecule has 0 bridgehead atoms. The van der Waals surface area contributed by atoms with Crippen molar-refractivity contribution in [1.82, 2.24) is 8.61 Å². The molecular weight excluding hydrogens is 455 g/mol. The van der Waals surface area contributed by atoms with Crippen molar-refractivity contribution in [3.05, 3.63) is 57.5 Å². The molecule has 27 heavy (non-hydrogen) atoms. The van der Waals surface area contributed by atoms with Gasteiger partial charge in [0.2, 0.25) is 20.0 Å². The van der Waals surface area contributed by atoms with Crippen molar-refractivity contribution in [2.45, 2.75) is 9.79 Å². The van der Waals surface area contributed by atoms with Crippen LogP contribution in [0.1, 0.15) is 0 Å². The first-order valence-electron chi connectivity index (χ1n) is 7.84. The van der Waals surface area contributed by atoms with E-state index in [1.807, 2.05) is 0 Å². The quantitative estimate of drug-likeness (QED) is 0.688. The topological polar surface area (TPSA) is 74.8 Å². The summed E-state index contributed by atoms with van der Waals surface area (Å²) in [5.41, 5.74) is 0. The van der Waals surface area contributed by atoms with Gasteiger partial charge in [0.25, 0.3) is 0 Å². The molecule has 0 spiro atoms. The van der Waals surface area contributed by atoms with Gasteiger partial charge in [0, 0.05) is 31.2 Å². The maximum absolute atomic E-state index is 12.9. The lowest BCUT2D eigenvalue weighted by atomic mass is 10.4. The Morgan fingerprint density at radius 1 is 0.667 bits per heavy atom. The number of nitrogens with zero attached hydrogens (tertiary/aromatic N) is 2. The van der Waals surface area contributed by atoms with Crippen LogP contribution in [0, 0.1) is 0 Å². The molecular formula is C16H15Cl3N2O4S2. The van der Waals surface area contributed by atoms with E-state index < -0.39 is 20.0 Å². The van der Waals surface area contributed by atoms with Gasteiger partial charge in [-0.15, -0.1) is 0 Å².